The van der Waals surface area contributed by atoms with Gasteiger partial charge in [0.25, 0.3) is 0 Å². The average Bonchev–Trinajstić information content (AvgIpc) is 2.50. The summed E-state index contributed by atoms with van der Waals surface area (Å²) in [4.78, 5) is 0. The number of hydrogen-bond donors (Lipinski definition) is 2. The molecule has 0 amide bonds. The summed E-state index contributed by atoms with van der Waals surface area (Å²) in [5, 5.41) is 10.9. The average molecular weight is 368 g/mol. The number of aromatic hydroxyl groups is 1. The van der Waals surface area contributed by atoms with Crippen LogP contribution in [-0.2, 0) is 0 Å². The van der Waals surface area contributed by atoms with E-state index in [2.05, 4.69) is 66.7 Å². The summed E-state index contributed by atoms with van der Waals surface area (Å²) in [6.45, 7) is 17.4. The van der Waals surface area contributed by atoms with E-state index in [4.69, 9.17) is 5.73 Å². The smallest absolute Gasteiger partial charge is 0.122 e. The van der Waals surface area contributed by atoms with Crippen molar-refractivity contribution >= 4 is 5.69 Å². The topological polar surface area (TPSA) is 46.2 Å². The fraction of sp³-hybridized carbons (Fsp3) is 0.520. The zero-order valence-electron chi connectivity index (χ0n) is 18.4. The molecule has 0 fully saturated rings. The van der Waals surface area contributed by atoms with Gasteiger partial charge in [0.1, 0.15) is 5.75 Å². The third-order valence-corrected chi connectivity index (χ3v) is 5.39. The maximum absolute atomic E-state index is 10.9. The molecule has 27 heavy (non-hydrogen) atoms. The number of phenols is 1. The van der Waals surface area contributed by atoms with Gasteiger partial charge in [-0.05, 0) is 68.6 Å². The Morgan fingerprint density at radius 2 is 1.41 bits per heavy atom. The molecule has 0 aromatic heterocycles. The van der Waals surface area contributed by atoms with Crippen LogP contribution in [0.15, 0.2) is 24.3 Å². The number of anilines is 1. The van der Waals surface area contributed by atoms with Crippen LogP contribution in [0.25, 0.3) is 0 Å². The van der Waals surface area contributed by atoms with Gasteiger partial charge in [-0.2, -0.15) is 0 Å². The first-order chi connectivity index (χ1) is 12.4. The molecule has 0 aliphatic heterocycles. The number of phenolic OH excluding ortho intramolecular Hbond substituents is 1. The van der Waals surface area contributed by atoms with Crippen LogP contribution in [0.2, 0.25) is 0 Å². The fourth-order valence-electron chi connectivity index (χ4n) is 4.51. The molecule has 0 aliphatic rings. The molecule has 2 aromatic rings. The summed E-state index contributed by atoms with van der Waals surface area (Å²) in [6.07, 6.45) is 2.11. The third-order valence-electron chi connectivity index (χ3n) is 5.39. The predicted octanol–water partition coefficient (Wildman–Crippen LogP) is 6.80. The van der Waals surface area contributed by atoms with E-state index >= 15 is 0 Å². The largest absolute Gasteiger partial charge is 0.507 e. The number of rotatable bonds is 5. The monoisotopic (exact) mass is 367 g/mol. The van der Waals surface area contributed by atoms with Crippen molar-refractivity contribution in [1.82, 2.24) is 0 Å². The predicted molar refractivity (Wildman–Crippen MR) is 118 cm³/mol. The number of benzene rings is 2. The lowest BCUT2D eigenvalue weighted by Gasteiger charge is -2.29. The van der Waals surface area contributed by atoms with Crippen molar-refractivity contribution < 1.29 is 5.11 Å². The van der Waals surface area contributed by atoms with Crippen LogP contribution in [0.4, 0.5) is 5.69 Å². The van der Waals surface area contributed by atoms with Gasteiger partial charge < -0.3 is 10.8 Å². The van der Waals surface area contributed by atoms with Crippen molar-refractivity contribution in [2.45, 2.75) is 74.1 Å². The van der Waals surface area contributed by atoms with Crippen molar-refractivity contribution in [3.05, 3.63) is 57.6 Å². The Bertz CT molecular complexity index is 757. The van der Waals surface area contributed by atoms with Crippen LogP contribution in [-0.4, -0.2) is 5.11 Å². The highest BCUT2D eigenvalue weighted by Gasteiger charge is 2.26. The van der Waals surface area contributed by atoms with Crippen molar-refractivity contribution in [3.8, 4) is 5.75 Å². The Balaban J connectivity index is 2.60. The normalized spacial score (nSPS) is 14.2. The lowest BCUT2D eigenvalue weighted by atomic mass is 9.76. The van der Waals surface area contributed by atoms with E-state index < -0.39 is 0 Å². The molecule has 0 spiro atoms. The standard InChI is InChI=1S/C25H37NO/c1-15-9-18(4)23(26)21(11-15)20(13-17(3)14-25(6,7)8)22-12-16(2)10-19(5)24(22)27/h9-12,17,20,27H,13-14,26H2,1-8H3. The number of nitrogen functional groups attached to an aromatic ring is 1. The van der Waals surface area contributed by atoms with Crippen LogP contribution in [0, 0.1) is 39.0 Å². The molecule has 0 radical (unpaired) electrons. The van der Waals surface area contributed by atoms with E-state index in [0.717, 1.165) is 40.8 Å². The zero-order chi connectivity index (χ0) is 20.5. The minimum Gasteiger partial charge on any atom is -0.507 e. The zero-order valence-corrected chi connectivity index (χ0v) is 18.4. The second-order valence-corrected chi connectivity index (χ2v) is 9.76. The van der Waals surface area contributed by atoms with Crippen LogP contribution in [0.5, 0.6) is 5.75 Å². The van der Waals surface area contributed by atoms with Gasteiger partial charge in [-0.25, -0.2) is 0 Å². The van der Waals surface area contributed by atoms with E-state index in [1.165, 1.54) is 11.1 Å². The highest BCUT2D eigenvalue weighted by molar-refractivity contribution is 5.60. The summed E-state index contributed by atoms with van der Waals surface area (Å²) in [5.41, 5.74) is 14.3. The molecule has 0 heterocycles. The molecular formula is C25H37NO. The quantitative estimate of drug-likeness (QED) is 0.571. The molecule has 0 saturated heterocycles. The molecule has 3 N–H and O–H groups in total. The van der Waals surface area contributed by atoms with Gasteiger partial charge in [-0.1, -0.05) is 63.1 Å². The molecule has 0 aliphatic carbocycles. The van der Waals surface area contributed by atoms with Gasteiger partial charge in [0.2, 0.25) is 0 Å². The maximum atomic E-state index is 10.9. The highest BCUT2D eigenvalue weighted by Crippen LogP contribution is 2.43. The Labute approximate surface area is 165 Å². The van der Waals surface area contributed by atoms with Crippen LogP contribution >= 0.6 is 0 Å². The summed E-state index contributed by atoms with van der Waals surface area (Å²) in [7, 11) is 0. The van der Waals surface area contributed by atoms with E-state index in [9.17, 15) is 5.11 Å². The van der Waals surface area contributed by atoms with Crippen LogP contribution < -0.4 is 5.73 Å². The van der Waals surface area contributed by atoms with E-state index in [1.54, 1.807) is 0 Å². The molecule has 2 aromatic carbocycles. The van der Waals surface area contributed by atoms with Gasteiger partial charge in [0.05, 0.1) is 0 Å². The van der Waals surface area contributed by atoms with E-state index in [-0.39, 0.29) is 11.3 Å². The van der Waals surface area contributed by atoms with E-state index in [1.807, 2.05) is 13.0 Å². The Kier molecular flexibility index (Phi) is 6.29. The Morgan fingerprint density at radius 1 is 0.889 bits per heavy atom. The van der Waals surface area contributed by atoms with Crippen molar-refractivity contribution in [1.29, 1.82) is 0 Å². The molecule has 0 bridgehead atoms. The van der Waals surface area contributed by atoms with Crippen molar-refractivity contribution in [2.75, 3.05) is 5.73 Å². The maximum Gasteiger partial charge on any atom is 0.122 e. The van der Waals surface area contributed by atoms with Crippen molar-refractivity contribution in [2.24, 2.45) is 11.3 Å². The number of nitrogens with two attached hydrogens (primary N) is 1. The SMILES string of the molecule is Cc1cc(C)c(N)c(C(CC(C)CC(C)(C)C)c2cc(C)cc(C)c2O)c1. The molecule has 0 saturated carbocycles. The van der Waals surface area contributed by atoms with Crippen LogP contribution in [0.3, 0.4) is 0 Å². The lowest BCUT2D eigenvalue weighted by Crippen LogP contribution is -2.16. The first kappa shape index (κ1) is 21.3. The summed E-state index contributed by atoms with van der Waals surface area (Å²) >= 11 is 0. The van der Waals surface area contributed by atoms with E-state index in [0.29, 0.717) is 11.7 Å². The van der Waals surface area contributed by atoms with Gasteiger partial charge in [0, 0.05) is 17.2 Å². The molecule has 2 unspecified atom stereocenters. The van der Waals surface area contributed by atoms with Crippen LogP contribution in [0.1, 0.15) is 79.8 Å². The minimum absolute atomic E-state index is 0.0968. The van der Waals surface area contributed by atoms with Gasteiger partial charge in [0.15, 0.2) is 0 Å². The number of aryl methyl sites for hydroxylation is 4. The Hall–Kier alpha value is -1.96. The van der Waals surface area contributed by atoms with Gasteiger partial charge >= 0.3 is 0 Å². The summed E-state index contributed by atoms with van der Waals surface area (Å²) in [5.74, 6) is 1.03. The molecule has 148 valence electrons. The Morgan fingerprint density at radius 3 is 1.96 bits per heavy atom. The summed E-state index contributed by atoms with van der Waals surface area (Å²) in [6, 6.07) is 8.51. The molecule has 2 nitrogen and oxygen atoms in total. The molecule has 2 rings (SSSR count). The third kappa shape index (κ3) is 5.28. The second kappa shape index (κ2) is 7.96. The van der Waals surface area contributed by atoms with Gasteiger partial charge in [-0.15, -0.1) is 0 Å². The molecule has 2 atom stereocenters. The first-order valence-electron chi connectivity index (χ1n) is 10.1. The highest BCUT2D eigenvalue weighted by atomic mass is 16.3. The molecule has 2 heteroatoms. The van der Waals surface area contributed by atoms with Crippen molar-refractivity contribution in [3.63, 3.8) is 0 Å². The van der Waals surface area contributed by atoms with Gasteiger partial charge in [-0.3, -0.25) is 0 Å². The first-order valence-corrected chi connectivity index (χ1v) is 10.1. The number of hydrogen-bond acceptors (Lipinski definition) is 2. The minimum atomic E-state index is 0.0968. The molecular weight excluding hydrogens is 330 g/mol. The fourth-order valence-corrected chi connectivity index (χ4v) is 4.51. The second-order valence-electron chi connectivity index (χ2n) is 9.76. The summed E-state index contributed by atoms with van der Waals surface area (Å²) < 4.78 is 0. The lowest BCUT2D eigenvalue weighted by molar-refractivity contribution is 0.290.